The second kappa shape index (κ2) is 11.0. The first-order chi connectivity index (χ1) is 15.5. The number of nitrogens with two attached hydrogens (primary N) is 2. The fourth-order valence-corrected chi connectivity index (χ4v) is 3.28. The second-order valence-electron chi connectivity index (χ2n) is 7.66. The minimum absolute atomic E-state index is 0.179. The molecule has 164 valence electrons. The van der Waals surface area contributed by atoms with Crippen LogP contribution in [0, 0.1) is 0 Å². The van der Waals surface area contributed by atoms with Crippen LogP contribution in [-0.2, 0) is 6.42 Å². The van der Waals surface area contributed by atoms with Crippen LogP contribution in [0.2, 0.25) is 0 Å². The molecule has 0 heterocycles. The van der Waals surface area contributed by atoms with E-state index in [-0.39, 0.29) is 22.8 Å². The van der Waals surface area contributed by atoms with Crippen LogP contribution in [-0.4, -0.2) is 11.8 Å². The van der Waals surface area contributed by atoms with Gasteiger partial charge in [0, 0.05) is 16.9 Å². The fourth-order valence-electron chi connectivity index (χ4n) is 3.28. The quantitative estimate of drug-likeness (QED) is 0.114. The fraction of sp³-hybridized carbons (Fsp3) is 0.185. The Morgan fingerprint density at radius 1 is 0.938 bits per heavy atom. The van der Waals surface area contributed by atoms with Gasteiger partial charge in [-0.2, -0.15) is 0 Å². The van der Waals surface area contributed by atoms with Gasteiger partial charge in [-0.15, -0.1) is 0 Å². The van der Waals surface area contributed by atoms with E-state index < -0.39 is 5.97 Å². The predicted octanol–water partition coefficient (Wildman–Crippen LogP) is 5.70. The minimum Gasteiger partial charge on any atom is -0.423 e. The van der Waals surface area contributed by atoms with E-state index in [1.54, 1.807) is 30.3 Å². The van der Waals surface area contributed by atoms with Crippen LogP contribution in [0.5, 0.6) is 5.75 Å². The van der Waals surface area contributed by atoms with Crippen LogP contribution < -0.4 is 16.2 Å². The maximum absolute atomic E-state index is 12.6. The van der Waals surface area contributed by atoms with Crippen molar-refractivity contribution in [2.75, 3.05) is 11.5 Å². The van der Waals surface area contributed by atoms with Gasteiger partial charge in [0.05, 0.1) is 5.56 Å². The molecule has 0 atom stereocenters. The average Bonchev–Trinajstić information content (AvgIpc) is 2.78. The van der Waals surface area contributed by atoms with Crippen LogP contribution in [0.3, 0.4) is 0 Å². The summed E-state index contributed by atoms with van der Waals surface area (Å²) < 4.78 is 5.39. The monoisotopic (exact) mass is 428 g/mol. The van der Waals surface area contributed by atoms with E-state index in [2.05, 4.69) is 19.1 Å². The molecule has 3 rings (SSSR count). The largest absolute Gasteiger partial charge is 0.423 e. The number of esters is 1. The van der Waals surface area contributed by atoms with E-state index >= 15 is 0 Å². The summed E-state index contributed by atoms with van der Waals surface area (Å²) >= 11 is 0. The van der Waals surface area contributed by atoms with Crippen molar-refractivity contribution < 1.29 is 14.3 Å². The topological polar surface area (TPSA) is 95.4 Å². The lowest BCUT2D eigenvalue weighted by Gasteiger charge is -2.08. The van der Waals surface area contributed by atoms with Crippen molar-refractivity contribution in [3.8, 4) is 5.75 Å². The smallest absolute Gasteiger partial charge is 0.345 e. The summed E-state index contributed by atoms with van der Waals surface area (Å²) in [6, 6.07) is 19.3. The van der Waals surface area contributed by atoms with E-state index in [0.29, 0.717) is 11.3 Å². The molecule has 3 aromatic rings. The number of aryl methyl sites for hydroxylation is 1. The summed E-state index contributed by atoms with van der Waals surface area (Å²) in [7, 11) is 0. The van der Waals surface area contributed by atoms with Gasteiger partial charge in [0.25, 0.3) is 0 Å². The predicted molar refractivity (Wildman–Crippen MR) is 130 cm³/mol. The molecule has 0 saturated carbocycles. The third kappa shape index (κ3) is 6.32. The Hall–Kier alpha value is -3.86. The highest BCUT2D eigenvalue weighted by Crippen LogP contribution is 2.20. The standard InChI is InChI=1S/C27H28N2O3/c1-2-3-4-6-19-9-11-20(12-10-19)13-16-26(30)21-7-5-8-23(17-21)32-27(31)24-15-14-22(28)18-25(24)29/h5,7-18H,2-4,6,28-29H2,1H3/b16-13+. The molecule has 5 nitrogen and oxygen atoms in total. The Balaban J connectivity index is 1.64. The number of benzene rings is 3. The zero-order chi connectivity index (χ0) is 22.9. The van der Waals surface area contributed by atoms with Crippen molar-refractivity contribution in [1.82, 2.24) is 0 Å². The van der Waals surface area contributed by atoms with Crippen LogP contribution in [0.15, 0.2) is 72.8 Å². The summed E-state index contributed by atoms with van der Waals surface area (Å²) in [5.41, 5.74) is 15.1. The highest BCUT2D eigenvalue weighted by atomic mass is 16.5. The summed E-state index contributed by atoms with van der Waals surface area (Å²) in [5.74, 6) is -0.523. The van der Waals surface area contributed by atoms with Gasteiger partial charge < -0.3 is 16.2 Å². The van der Waals surface area contributed by atoms with Crippen molar-refractivity contribution in [3.63, 3.8) is 0 Å². The molecule has 5 heteroatoms. The number of anilines is 2. The Kier molecular flexibility index (Phi) is 7.81. The highest BCUT2D eigenvalue weighted by Gasteiger charge is 2.13. The van der Waals surface area contributed by atoms with Crippen molar-refractivity contribution in [1.29, 1.82) is 0 Å². The molecule has 0 aromatic heterocycles. The van der Waals surface area contributed by atoms with Gasteiger partial charge in [0.2, 0.25) is 0 Å². The van der Waals surface area contributed by atoms with Gasteiger partial charge in [-0.3, -0.25) is 4.79 Å². The Morgan fingerprint density at radius 3 is 2.44 bits per heavy atom. The number of carbonyl (C=O) groups is 2. The van der Waals surface area contributed by atoms with Crippen molar-refractivity contribution in [2.45, 2.75) is 32.6 Å². The molecule has 32 heavy (non-hydrogen) atoms. The molecule has 0 aliphatic heterocycles. The number of carbonyl (C=O) groups excluding carboxylic acids is 2. The lowest BCUT2D eigenvalue weighted by Crippen LogP contribution is -2.11. The highest BCUT2D eigenvalue weighted by molar-refractivity contribution is 6.07. The zero-order valence-electron chi connectivity index (χ0n) is 18.2. The first kappa shape index (κ1) is 22.8. The van der Waals surface area contributed by atoms with Crippen LogP contribution in [0.4, 0.5) is 11.4 Å². The zero-order valence-corrected chi connectivity index (χ0v) is 18.2. The molecular weight excluding hydrogens is 400 g/mol. The van der Waals surface area contributed by atoms with E-state index in [4.69, 9.17) is 16.2 Å². The number of unbranched alkanes of at least 4 members (excludes halogenated alkanes) is 2. The average molecular weight is 429 g/mol. The third-order valence-electron chi connectivity index (χ3n) is 5.10. The Bertz CT molecular complexity index is 1120. The third-order valence-corrected chi connectivity index (χ3v) is 5.10. The van der Waals surface area contributed by atoms with E-state index in [0.717, 1.165) is 12.0 Å². The molecular formula is C27H28N2O3. The number of nitrogen functional groups attached to an aromatic ring is 2. The van der Waals surface area contributed by atoms with E-state index in [1.807, 2.05) is 12.1 Å². The van der Waals surface area contributed by atoms with Gasteiger partial charge in [0.1, 0.15) is 5.75 Å². The van der Waals surface area contributed by atoms with Crippen LogP contribution >= 0.6 is 0 Å². The molecule has 4 N–H and O–H groups in total. The van der Waals surface area contributed by atoms with Gasteiger partial charge in [-0.05, 0) is 60.4 Å². The van der Waals surface area contributed by atoms with Crippen molar-refractivity contribution in [3.05, 3.63) is 95.1 Å². The number of allylic oxidation sites excluding steroid dienone is 1. The Labute approximate surface area is 188 Å². The number of hydrogen-bond donors (Lipinski definition) is 2. The minimum atomic E-state index is -0.610. The lowest BCUT2D eigenvalue weighted by molar-refractivity contribution is 0.0735. The first-order valence-corrected chi connectivity index (χ1v) is 10.7. The number of ether oxygens (including phenoxy) is 1. The summed E-state index contributed by atoms with van der Waals surface area (Å²) in [6.45, 7) is 2.19. The summed E-state index contributed by atoms with van der Waals surface area (Å²) in [4.78, 5) is 25.0. The van der Waals surface area contributed by atoms with Gasteiger partial charge in [-0.25, -0.2) is 4.79 Å². The molecule has 0 fully saturated rings. The van der Waals surface area contributed by atoms with Crippen LogP contribution in [0.25, 0.3) is 6.08 Å². The van der Waals surface area contributed by atoms with Crippen molar-refractivity contribution in [2.24, 2.45) is 0 Å². The maximum atomic E-state index is 12.6. The van der Waals surface area contributed by atoms with Gasteiger partial charge in [0.15, 0.2) is 5.78 Å². The molecule has 0 amide bonds. The van der Waals surface area contributed by atoms with Crippen molar-refractivity contribution >= 4 is 29.2 Å². The molecule has 0 unspecified atom stereocenters. The molecule has 0 spiro atoms. The maximum Gasteiger partial charge on any atom is 0.345 e. The molecule has 0 radical (unpaired) electrons. The first-order valence-electron chi connectivity index (χ1n) is 10.7. The number of ketones is 1. The normalized spacial score (nSPS) is 10.9. The lowest BCUT2D eigenvalue weighted by atomic mass is 10.0. The SMILES string of the molecule is CCCCCc1ccc(/C=C/C(=O)c2cccc(OC(=O)c3ccc(N)cc3N)c2)cc1. The molecule has 3 aromatic carbocycles. The number of rotatable bonds is 9. The van der Waals surface area contributed by atoms with Crippen LogP contribution in [0.1, 0.15) is 58.0 Å². The number of hydrogen-bond acceptors (Lipinski definition) is 5. The molecule has 0 saturated heterocycles. The van der Waals surface area contributed by atoms with E-state index in [9.17, 15) is 9.59 Å². The summed E-state index contributed by atoms with van der Waals surface area (Å²) in [5, 5.41) is 0. The summed E-state index contributed by atoms with van der Waals surface area (Å²) in [6.07, 6.45) is 8.01. The van der Waals surface area contributed by atoms with Gasteiger partial charge in [-0.1, -0.05) is 62.2 Å². The molecule has 0 aliphatic carbocycles. The Morgan fingerprint density at radius 2 is 1.72 bits per heavy atom. The second-order valence-corrected chi connectivity index (χ2v) is 7.66. The molecule has 0 bridgehead atoms. The van der Waals surface area contributed by atoms with E-state index in [1.165, 1.54) is 49.1 Å². The van der Waals surface area contributed by atoms with Gasteiger partial charge >= 0.3 is 5.97 Å². The molecule has 0 aliphatic rings.